The molecule has 8 aliphatic rings. The van der Waals surface area contributed by atoms with Gasteiger partial charge in [-0.15, -0.1) is 0 Å². The van der Waals surface area contributed by atoms with Crippen molar-refractivity contribution in [3.8, 4) is 0 Å². The molecule has 3 saturated carbocycles. The average Bonchev–Trinajstić information content (AvgIpc) is 3.76. The van der Waals surface area contributed by atoms with Gasteiger partial charge in [-0.25, -0.2) is 0 Å². The van der Waals surface area contributed by atoms with Gasteiger partial charge >= 0.3 is 5.97 Å². The number of hydrogen-bond acceptors (Lipinski definition) is 28. The van der Waals surface area contributed by atoms with Crippen LogP contribution in [0.4, 0.5) is 0 Å². The summed E-state index contributed by atoms with van der Waals surface area (Å²) >= 11 is 0. The molecule has 0 aromatic rings. The Morgan fingerprint density at radius 1 is 0.513 bits per heavy atom. The van der Waals surface area contributed by atoms with Gasteiger partial charge in [-0.1, -0.05) is 19.9 Å². The van der Waals surface area contributed by atoms with Gasteiger partial charge in [0.25, 0.3) is 0 Å². The Balaban J connectivity index is 1.01. The Kier molecular flexibility index (Phi) is 19.8. The van der Waals surface area contributed by atoms with E-state index in [4.69, 9.17) is 47.4 Å². The molecule has 28 heteroatoms. The molecule has 0 spiro atoms. The highest BCUT2D eigenvalue weighted by atomic mass is 16.8. The zero-order valence-corrected chi connectivity index (χ0v) is 43.7. The van der Waals surface area contributed by atoms with Crippen LogP contribution in [0.1, 0.15) is 72.1 Å². The number of carbonyl (C=O) groups excluding carboxylic acids is 1. The number of ether oxygens (including phenoxy) is 10. The maximum Gasteiger partial charge on any atom is 0.314 e. The van der Waals surface area contributed by atoms with E-state index in [9.17, 15) is 91.6 Å². The van der Waals surface area contributed by atoms with Crippen LogP contribution >= 0.6 is 0 Å². The predicted molar refractivity (Wildman–Crippen MR) is 254 cm³/mol. The van der Waals surface area contributed by atoms with E-state index in [-0.39, 0.29) is 24.2 Å². The van der Waals surface area contributed by atoms with Gasteiger partial charge in [0, 0.05) is 0 Å². The zero-order chi connectivity index (χ0) is 57.1. The van der Waals surface area contributed by atoms with Crippen LogP contribution in [-0.4, -0.2) is 285 Å². The fourth-order valence-corrected chi connectivity index (χ4v) is 13.6. The summed E-state index contributed by atoms with van der Waals surface area (Å²) in [6.07, 6.45) is -39.6. The first-order chi connectivity index (χ1) is 36.8. The van der Waals surface area contributed by atoms with Crippen LogP contribution < -0.4 is 0 Å². The molecule has 5 heterocycles. The Morgan fingerprint density at radius 3 is 1.46 bits per heavy atom. The largest absolute Gasteiger partial charge is 0.432 e. The molecule has 0 bridgehead atoms. The number of rotatable bonds is 15. The first-order valence-electron chi connectivity index (χ1n) is 26.8. The van der Waals surface area contributed by atoms with E-state index in [0.29, 0.717) is 50.5 Å². The molecule has 8 fully saturated rings. The summed E-state index contributed by atoms with van der Waals surface area (Å²) in [5.41, 5.74) is -2.47. The molecule has 0 amide bonds. The summed E-state index contributed by atoms with van der Waals surface area (Å²) in [4.78, 5) is 14.8. The Morgan fingerprint density at radius 2 is 0.949 bits per heavy atom. The minimum atomic E-state index is -1.95. The van der Waals surface area contributed by atoms with Crippen molar-refractivity contribution >= 4 is 5.97 Å². The first-order valence-corrected chi connectivity index (χ1v) is 26.8. The molecule has 450 valence electrons. The second kappa shape index (κ2) is 24.8. The number of hydrogen-bond donors (Lipinski definition) is 17. The smallest absolute Gasteiger partial charge is 0.314 e. The van der Waals surface area contributed by atoms with Gasteiger partial charge in [-0.3, -0.25) is 4.79 Å². The van der Waals surface area contributed by atoms with E-state index in [1.54, 1.807) is 13.8 Å². The third-order valence-electron chi connectivity index (χ3n) is 18.5. The third kappa shape index (κ3) is 11.6. The summed E-state index contributed by atoms with van der Waals surface area (Å²) in [5.74, 6) is -1.18. The maximum atomic E-state index is 14.8. The summed E-state index contributed by atoms with van der Waals surface area (Å²) < 4.78 is 59.2. The number of aliphatic hydroxyl groups excluding tert-OH is 17. The molecule has 0 aromatic carbocycles. The Hall–Kier alpha value is -1.83. The van der Waals surface area contributed by atoms with E-state index < -0.39 is 209 Å². The van der Waals surface area contributed by atoms with Crippen molar-refractivity contribution in [2.45, 2.75) is 231 Å². The minimum Gasteiger partial charge on any atom is -0.432 e. The number of esters is 1. The molecule has 5 saturated heterocycles. The van der Waals surface area contributed by atoms with Gasteiger partial charge in [-0.2, -0.15) is 0 Å². The van der Waals surface area contributed by atoms with Crippen LogP contribution in [-0.2, 0) is 52.2 Å². The minimum absolute atomic E-state index is 0.0111. The van der Waals surface area contributed by atoms with Crippen LogP contribution in [0.2, 0.25) is 0 Å². The quantitative estimate of drug-likeness (QED) is 0.0535. The topological polar surface area (TPSA) is 453 Å². The lowest BCUT2D eigenvalue weighted by Gasteiger charge is -2.59. The highest BCUT2D eigenvalue weighted by Gasteiger charge is 2.62. The van der Waals surface area contributed by atoms with Crippen LogP contribution in [0.25, 0.3) is 0 Å². The first kappa shape index (κ1) is 62.2. The van der Waals surface area contributed by atoms with E-state index in [1.165, 1.54) is 0 Å². The van der Waals surface area contributed by atoms with Crippen LogP contribution in [0.3, 0.4) is 0 Å². The third-order valence-corrected chi connectivity index (χ3v) is 18.5. The molecule has 78 heavy (non-hydrogen) atoms. The van der Waals surface area contributed by atoms with Gasteiger partial charge in [0.1, 0.15) is 116 Å². The summed E-state index contributed by atoms with van der Waals surface area (Å²) in [7, 11) is 0. The highest BCUT2D eigenvalue weighted by molar-refractivity contribution is 5.77. The molecule has 0 aromatic heterocycles. The normalized spacial score (nSPS) is 53.2. The average molecular weight is 1130 g/mol. The molecule has 28 nitrogen and oxygen atoms in total. The maximum absolute atomic E-state index is 14.8. The number of fused-ring (bicyclic) bond motifs is 3. The molecular weight excluding hydrogens is 1050 g/mol. The molecule has 3 aliphatic carbocycles. The molecular formula is C50H82O28. The van der Waals surface area contributed by atoms with Crippen molar-refractivity contribution in [1.82, 2.24) is 0 Å². The lowest BCUT2D eigenvalue weighted by Crippen LogP contribution is -2.65. The Bertz CT molecular complexity index is 2000. The van der Waals surface area contributed by atoms with Crippen molar-refractivity contribution in [3.05, 3.63) is 12.2 Å². The predicted octanol–water partition coefficient (Wildman–Crippen LogP) is -7.04. The van der Waals surface area contributed by atoms with E-state index in [1.807, 2.05) is 0 Å². The SMILES string of the molecule is C=C1CC2CCC3[C@](C)(C(=O)OC4OC(CO)C(O)C(O)C4OC4OC(CO)C(O)C(O)C4O)CCC[C@@]3(C)[C@@H]2CCC1(C)OC1OC(COC2OC(CO)C(O)C(O)C2O)C(O)C(O)C1OC1OC(CO)C(O)C(O)C1O. The molecule has 17 N–H and O–H groups in total. The van der Waals surface area contributed by atoms with Gasteiger partial charge in [0.2, 0.25) is 6.29 Å². The van der Waals surface area contributed by atoms with E-state index in [0.717, 1.165) is 0 Å². The van der Waals surface area contributed by atoms with Gasteiger partial charge in [-0.05, 0) is 87.5 Å². The van der Waals surface area contributed by atoms with Gasteiger partial charge in [0.15, 0.2) is 31.3 Å². The summed E-state index contributed by atoms with van der Waals surface area (Å²) in [6.45, 7) is 6.27. The summed E-state index contributed by atoms with van der Waals surface area (Å²) in [5, 5.41) is 180. The van der Waals surface area contributed by atoms with Crippen molar-refractivity contribution in [2.24, 2.45) is 28.6 Å². The van der Waals surface area contributed by atoms with Gasteiger partial charge < -0.3 is 134 Å². The van der Waals surface area contributed by atoms with Crippen LogP contribution in [0.15, 0.2) is 12.2 Å². The van der Waals surface area contributed by atoms with Crippen LogP contribution in [0, 0.1) is 28.6 Å². The zero-order valence-electron chi connectivity index (χ0n) is 43.7. The second-order valence-electron chi connectivity index (χ2n) is 23.2. The second-order valence-corrected chi connectivity index (χ2v) is 23.2. The summed E-state index contributed by atoms with van der Waals surface area (Å²) in [6, 6.07) is 0. The van der Waals surface area contributed by atoms with Crippen molar-refractivity contribution in [2.75, 3.05) is 33.0 Å². The molecule has 8 rings (SSSR count). The lowest BCUT2D eigenvalue weighted by atomic mass is 9.45. The number of carbonyl (C=O) groups is 1. The lowest BCUT2D eigenvalue weighted by molar-refractivity contribution is -0.380. The van der Waals surface area contributed by atoms with Gasteiger partial charge in [0.05, 0.1) is 44.1 Å². The monoisotopic (exact) mass is 1130 g/mol. The van der Waals surface area contributed by atoms with E-state index >= 15 is 0 Å². The van der Waals surface area contributed by atoms with Crippen LogP contribution in [0.5, 0.6) is 0 Å². The molecule has 31 atom stereocenters. The fourth-order valence-electron chi connectivity index (χ4n) is 13.6. The molecule has 0 radical (unpaired) electrons. The number of aliphatic hydroxyl groups is 17. The fraction of sp³-hybridized carbons (Fsp3) is 0.940. The van der Waals surface area contributed by atoms with Crippen molar-refractivity contribution < 1.29 is 139 Å². The van der Waals surface area contributed by atoms with Crippen molar-refractivity contribution in [1.29, 1.82) is 0 Å². The van der Waals surface area contributed by atoms with E-state index in [2.05, 4.69) is 13.5 Å². The Labute approximate surface area is 449 Å². The standard InChI is InChI=1S/C50H82O28/c1-18-12-19-6-7-26-48(2,9-5-10-49(26,3)47(68)77-45-40(35(63)30(58)24(16-54)73-45)75-43-38(66)33(61)28(56)22(14-52)71-43)20(19)8-11-50(18,4)78-46-41(76-44-39(67)34(62)29(57)23(15-53)72-44)36(64)31(59)25(74-46)17-69-42-37(65)32(60)27(55)21(13-51)70-42/h19-46,51-67H,1,5-17H2,2-4H3/t19?,20-,21?,22?,23?,24?,25?,26?,27?,28?,29?,30?,31?,32?,33?,34?,35?,36?,37?,38?,39?,40?,41?,42?,43?,44?,45?,46?,48+,49-,50?/m1/s1. The molecule has 28 unspecified atom stereocenters. The van der Waals surface area contributed by atoms with Crippen molar-refractivity contribution in [3.63, 3.8) is 0 Å². The highest BCUT2D eigenvalue weighted by Crippen LogP contribution is 2.65. The molecule has 5 aliphatic heterocycles.